The molecule has 1 aliphatic rings. The van der Waals surface area contributed by atoms with Crippen LogP contribution in [0.5, 0.6) is 0 Å². The second kappa shape index (κ2) is 11.5. The van der Waals surface area contributed by atoms with E-state index in [2.05, 4.69) is 15.7 Å². The third-order valence-electron chi connectivity index (χ3n) is 6.60. The maximum absolute atomic E-state index is 14.4. The summed E-state index contributed by atoms with van der Waals surface area (Å²) in [7, 11) is 1.57. The number of alkyl halides is 2. The lowest BCUT2D eigenvalue weighted by molar-refractivity contribution is -0.0599. The molecule has 0 saturated carbocycles. The van der Waals surface area contributed by atoms with Crippen LogP contribution in [0.25, 0.3) is 5.69 Å². The number of urea groups is 1. The Bertz CT molecular complexity index is 1270. The first-order valence-electron chi connectivity index (χ1n) is 12.0. The molecule has 3 N–H and O–H groups in total. The summed E-state index contributed by atoms with van der Waals surface area (Å²) in [6.07, 6.45) is 0. The molecule has 2 atom stereocenters. The number of methoxy groups -OCH3 is 1. The van der Waals surface area contributed by atoms with Gasteiger partial charge in [-0.25, -0.2) is 18.3 Å². The molecule has 8 nitrogen and oxygen atoms in total. The van der Waals surface area contributed by atoms with Crippen LogP contribution in [0.3, 0.4) is 0 Å². The number of carbonyl (C=O) groups excluding carboxylic acids is 1. The van der Waals surface area contributed by atoms with Gasteiger partial charge in [-0.15, -0.1) is 0 Å². The van der Waals surface area contributed by atoms with Crippen LogP contribution < -0.4 is 10.6 Å². The summed E-state index contributed by atoms with van der Waals surface area (Å²) in [5.74, 6) is -5.93. The van der Waals surface area contributed by atoms with Crippen molar-refractivity contribution in [2.24, 2.45) is 0 Å². The number of para-hydroxylation sites is 1. The second-order valence-corrected chi connectivity index (χ2v) is 9.17. The van der Waals surface area contributed by atoms with Gasteiger partial charge in [0.1, 0.15) is 18.1 Å². The van der Waals surface area contributed by atoms with Crippen LogP contribution in [0.1, 0.15) is 22.7 Å². The van der Waals surface area contributed by atoms with Gasteiger partial charge < -0.3 is 15.2 Å². The van der Waals surface area contributed by atoms with Gasteiger partial charge in [0, 0.05) is 38.2 Å². The van der Waals surface area contributed by atoms with Gasteiger partial charge in [0.2, 0.25) is 0 Å². The fourth-order valence-electron chi connectivity index (χ4n) is 4.65. The first-order chi connectivity index (χ1) is 18.1. The summed E-state index contributed by atoms with van der Waals surface area (Å²) in [6.45, 7) is 1.82. The van der Waals surface area contributed by atoms with E-state index in [9.17, 15) is 27.5 Å². The first kappa shape index (κ1) is 27.6. The Morgan fingerprint density at radius 2 is 1.89 bits per heavy atom. The SMILES string of the molecule is COCCN1C[C@@H](NC(=O)Nc2c(C)c(C(F)(F)CO)nn2-c2ccccc2)[C@H](c2ccc(F)c(F)c2)C1. The van der Waals surface area contributed by atoms with Crippen LogP contribution in [-0.2, 0) is 10.7 Å². The summed E-state index contributed by atoms with van der Waals surface area (Å²) < 4.78 is 62.7. The van der Waals surface area contributed by atoms with Crippen LogP contribution in [0.2, 0.25) is 0 Å². The van der Waals surface area contributed by atoms with Crippen LogP contribution in [0, 0.1) is 18.6 Å². The van der Waals surface area contributed by atoms with Gasteiger partial charge in [-0.3, -0.25) is 10.2 Å². The highest BCUT2D eigenvalue weighted by atomic mass is 19.3. The summed E-state index contributed by atoms with van der Waals surface area (Å²) in [5.41, 5.74) is 0.278. The van der Waals surface area contributed by atoms with Crippen molar-refractivity contribution in [3.8, 4) is 5.69 Å². The molecule has 1 saturated heterocycles. The highest BCUT2D eigenvalue weighted by molar-refractivity contribution is 5.90. The number of nitrogens with one attached hydrogen (secondary N) is 2. The Hall–Kier alpha value is -3.48. The third kappa shape index (κ3) is 5.82. The minimum Gasteiger partial charge on any atom is -0.390 e. The highest BCUT2D eigenvalue weighted by Gasteiger charge is 2.39. The number of carbonyl (C=O) groups is 1. The molecule has 204 valence electrons. The Morgan fingerprint density at radius 1 is 1.16 bits per heavy atom. The average molecular weight is 536 g/mol. The van der Waals surface area contributed by atoms with Crippen LogP contribution in [0.4, 0.5) is 28.2 Å². The number of nitrogens with zero attached hydrogens (tertiary/aromatic N) is 3. The second-order valence-electron chi connectivity index (χ2n) is 9.17. The molecule has 0 spiro atoms. The van der Waals surface area contributed by atoms with E-state index in [4.69, 9.17) is 4.74 Å². The molecule has 1 aromatic heterocycles. The number of hydrogen-bond acceptors (Lipinski definition) is 5. The molecule has 2 aromatic carbocycles. The first-order valence-corrected chi connectivity index (χ1v) is 12.0. The van der Waals surface area contributed by atoms with Crippen molar-refractivity contribution >= 4 is 11.8 Å². The number of anilines is 1. The number of hydrogen-bond donors (Lipinski definition) is 3. The quantitative estimate of drug-likeness (QED) is 0.363. The van der Waals surface area contributed by atoms with E-state index in [1.54, 1.807) is 37.4 Å². The number of rotatable bonds is 9. The fraction of sp³-hybridized carbons (Fsp3) is 0.385. The molecule has 1 fully saturated rings. The largest absolute Gasteiger partial charge is 0.390 e. The van der Waals surface area contributed by atoms with Gasteiger partial charge in [-0.1, -0.05) is 24.3 Å². The number of likely N-dealkylation sites (tertiary alicyclic amines) is 1. The molecule has 0 radical (unpaired) electrons. The van der Waals surface area contributed by atoms with E-state index < -0.39 is 41.9 Å². The Labute approximate surface area is 217 Å². The summed E-state index contributed by atoms with van der Waals surface area (Å²) >= 11 is 0. The topological polar surface area (TPSA) is 91.7 Å². The van der Waals surface area contributed by atoms with Gasteiger partial charge in [-0.05, 0) is 36.8 Å². The summed E-state index contributed by atoms with van der Waals surface area (Å²) in [4.78, 5) is 15.2. The molecular weight excluding hydrogens is 506 g/mol. The summed E-state index contributed by atoms with van der Waals surface area (Å²) in [6, 6.07) is 10.9. The van der Waals surface area contributed by atoms with Crippen molar-refractivity contribution < 1.29 is 32.2 Å². The number of aliphatic hydroxyl groups excluding tert-OH is 1. The third-order valence-corrected chi connectivity index (χ3v) is 6.60. The molecule has 38 heavy (non-hydrogen) atoms. The predicted octanol–water partition coefficient (Wildman–Crippen LogP) is 3.78. The number of aromatic nitrogens is 2. The van der Waals surface area contributed by atoms with Crippen LogP contribution in [-0.4, -0.2) is 71.8 Å². The molecule has 0 aliphatic carbocycles. The number of amides is 2. The predicted molar refractivity (Wildman–Crippen MR) is 133 cm³/mol. The number of halogens is 4. The zero-order chi connectivity index (χ0) is 27.4. The molecule has 2 heterocycles. The normalized spacial score (nSPS) is 18.1. The van der Waals surface area contributed by atoms with Crippen molar-refractivity contribution in [1.82, 2.24) is 20.0 Å². The van der Waals surface area contributed by atoms with Gasteiger partial charge >= 0.3 is 12.0 Å². The van der Waals surface area contributed by atoms with Gasteiger partial charge in [0.25, 0.3) is 0 Å². The number of benzene rings is 2. The maximum Gasteiger partial charge on any atom is 0.320 e. The molecule has 12 heteroatoms. The molecule has 0 unspecified atom stereocenters. The van der Waals surface area contributed by atoms with E-state index in [0.717, 1.165) is 12.1 Å². The van der Waals surface area contributed by atoms with Gasteiger partial charge in [-0.2, -0.15) is 13.9 Å². The molecule has 3 aromatic rings. The standard InChI is InChI=1S/C26H29F4N5O3/c1-16-23(26(29,30)15-36)33-35(18-6-4-3-5-7-18)24(16)32-25(37)31-22-14-34(10-11-38-2)13-19(22)17-8-9-20(27)21(28)12-17/h3-9,12,19,22,36H,10-11,13-15H2,1-2H3,(H2,31,32,37)/t19-,22+/m0/s1. The van der Waals surface area contributed by atoms with E-state index in [1.807, 2.05) is 4.90 Å². The van der Waals surface area contributed by atoms with Crippen molar-refractivity contribution in [3.05, 3.63) is 77.0 Å². The molecular formula is C26H29F4N5O3. The average Bonchev–Trinajstić information content (AvgIpc) is 3.45. The lowest BCUT2D eigenvalue weighted by Gasteiger charge is -2.21. The zero-order valence-corrected chi connectivity index (χ0v) is 20.9. The van der Waals surface area contributed by atoms with Gasteiger partial charge in [0.05, 0.1) is 18.3 Å². The van der Waals surface area contributed by atoms with Crippen molar-refractivity contribution in [3.63, 3.8) is 0 Å². The highest BCUT2D eigenvalue weighted by Crippen LogP contribution is 2.34. The minimum atomic E-state index is -3.62. The summed E-state index contributed by atoms with van der Waals surface area (Å²) in [5, 5.41) is 18.7. The molecule has 0 bridgehead atoms. The van der Waals surface area contributed by atoms with E-state index in [0.29, 0.717) is 37.5 Å². The van der Waals surface area contributed by atoms with Crippen LogP contribution >= 0.6 is 0 Å². The van der Waals surface area contributed by atoms with Crippen molar-refractivity contribution in [2.75, 3.05) is 45.3 Å². The lowest BCUT2D eigenvalue weighted by Crippen LogP contribution is -2.42. The van der Waals surface area contributed by atoms with E-state index in [1.165, 1.54) is 17.7 Å². The van der Waals surface area contributed by atoms with Crippen LogP contribution in [0.15, 0.2) is 48.5 Å². The lowest BCUT2D eigenvalue weighted by atomic mass is 9.94. The Kier molecular flexibility index (Phi) is 8.34. The Morgan fingerprint density at radius 3 is 2.55 bits per heavy atom. The van der Waals surface area contributed by atoms with Gasteiger partial charge in [0.15, 0.2) is 11.6 Å². The van der Waals surface area contributed by atoms with Crippen molar-refractivity contribution in [1.29, 1.82) is 0 Å². The Balaban J connectivity index is 1.61. The zero-order valence-electron chi connectivity index (χ0n) is 20.9. The fourth-order valence-corrected chi connectivity index (χ4v) is 4.65. The monoisotopic (exact) mass is 535 g/mol. The smallest absolute Gasteiger partial charge is 0.320 e. The maximum atomic E-state index is 14.4. The number of ether oxygens (including phenoxy) is 1. The van der Waals surface area contributed by atoms with Crippen molar-refractivity contribution in [2.45, 2.75) is 24.8 Å². The van der Waals surface area contributed by atoms with E-state index in [-0.39, 0.29) is 17.3 Å². The van der Waals surface area contributed by atoms with E-state index >= 15 is 0 Å². The molecule has 2 amide bonds. The molecule has 4 rings (SSSR count). The number of aliphatic hydroxyl groups is 1. The minimum absolute atomic E-state index is 0.00616. The molecule has 1 aliphatic heterocycles.